The molecule has 1 fully saturated rings. The number of esters is 1. The number of rotatable bonds is 6. The Morgan fingerprint density at radius 3 is 2.61 bits per heavy atom. The van der Waals surface area contributed by atoms with Crippen LogP contribution in [0.1, 0.15) is 11.1 Å². The highest BCUT2D eigenvalue weighted by atomic mass is 19.1. The normalized spacial score (nSPS) is 14.9. The van der Waals surface area contributed by atoms with Gasteiger partial charge in [0.25, 0.3) is 5.91 Å². The number of halogens is 1. The molecular weight excluding hydrogens is 367 g/mol. The maximum absolute atomic E-state index is 13.8. The number of hydrogen-bond acceptors (Lipinski definition) is 5. The van der Waals surface area contributed by atoms with E-state index in [4.69, 9.17) is 4.74 Å². The van der Waals surface area contributed by atoms with Crippen molar-refractivity contribution in [3.05, 3.63) is 71.2 Å². The van der Waals surface area contributed by atoms with Gasteiger partial charge in [-0.15, -0.1) is 0 Å². The van der Waals surface area contributed by atoms with E-state index in [2.05, 4.69) is 10.1 Å². The maximum Gasteiger partial charge on any atom is 0.329 e. The minimum atomic E-state index is -0.716. The highest BCUT2D eigenvalue weighted by molar-refractivity contribution is 6.15. The summed E-state index contributed by atoms with van der Waals surface area (Å²) in [6.07, 6.45) is 1.44. The molecule has 7 nitrogen and oxygen atoms in total. The quantitative estimate of drug-likeness (QED) is 0.470. The molecule has 0 aliphatic carbocycles. The van der Waals surface area contributed by atoms with Crippen molar-refractivity contribution in [2.45, 2.75) is 6.61 Å². The second-order valence-corrected chi connectivity index (χ2v) is 5.87. The smallest absolute Gasteiger partial charge is 0.329 e. The molecule has 28 heavy (non-hydrogen) atoms. The molecule has 1 aliphatic heterocycles. The SMILES string of the molecule is COC(=O)CN1C(=O)N/C(=C/c2ccccc2OCc2ccccc2F)C1=O. The highest BCUT2D eigenvalue weighted by Gasteiger charge is 2.35. The van der Waals surface area contributed by atoms with Gasteiger partial charge < -0.3 is 14.8 Å². The molecule has 1 aliphatic rings. The molecule has 0 saturated carbocycles. The second-order valence-electron chi connectivity index (χ2n) is 5.87. The Balaban J connectivity index is 1.79. The largest absolute Gasteiger partial charge is 0.488 e. The molecule has 8 heteroatoms. The average Bonchev–Trinajstić information content (AvgIpc) is 2.95. The molecule has 0 atom stereocenters. The van der Waals surface area contributed by atoms with Crippen LogP contribution in [-0.2, 0) is 20.9 Å². The summed E-state index contributed by atoms with van der Waals surface area (Å²) >= 11 is 0. The molecule has 0 radical (unpaired) electrons. The monoisotopic (exact) mass is 384 g/mol. The number of methoxy groups -OCH3 is 1. The van der Waals surface area contributed by atoms with Gasteiger partial charge in [-0.1, -0.05) is 36.4 Å². The fraction of sp³-hybridized carbons (Fsp3) is 0.150. The lowest BCUT2D eigenvalue weighted by molar-refractivity contribution is -0.143. The van der Waals surface area contributed by atoms with Gasteiger partial charge in [0.05, 0.1) is 7.11 Å². The fourth-order valence-electron chi connectivity index (χ4n) is 2.57. The fourth-order valence-corrected chi connectivity index (χ4v) is 2.57. The zero-order chi connectivity index (χ0) is 20.1. The number of carbonyl (C=O) groups excluding carboxylic acids is 3. The zero-order valence-corrected chi connectivity index (χ0v) is 15.0. The van der Waals surface area contributed by atoms with Gasteiger partial charge in [0.15, 0.2) is 0 Å². The molecule has 0 unspecified atom stereocenters. The van der Waals surface area contributed by atoms with Gasteiger partial charge in [0, 0.05) is 11.1 Å². The third-order valence-corrected chi connectivity index (χ3v) is 4.04. The number of amides is 3. The Morgan fingerprint density at radius 1 is 1.14 bits per heavy atom. The Bertz CT molecular complexity index is 957. The number of carbonyl (C=O) groups is 3. The third-order valence-electron chi connectivity index (χ3n) is 4.04. The van der Waals surface area contributed by atoms with Gasteiger partial charge in [-0.25, -0.2) is 14.1 Å². The van der Waals surface area contributed by atoms with Crippen molar-refractivity contribution in [1.82, 2.24) is 10.2 Å². The number of ether oxygens (including phenoxy) is 2. The number of hydrogen-bond donors (Lipinski definition) is 1. The minimum absolute atomic E-state index is 0.00162. The standard InChI is InChI=1S/C20H17FN2O5/c1-27-18(24)11-23-19(25)16(22-20(23)26)10-13-6-3-5-9-17(13)28-12-14-7-2-4-8-15(14)21/h2-10H,11-12H2,1H3,(H,22,26)/b16-10+. The van der Waals surface area contributed by atoms with Crippen LogP contribution in [0, 0.1) is 5.82 Å². The molecule has 1 N–H and O–H groups in total. The van der Waals surface area contributed by atoms with E-state index in [9.17, 15) is 18.8 Å². The number of nitrogens with zero attached hydrogens (tertiary/aromatic N) is 1. The van der Waals surface area contributed by atoms with E-state index in [0.717, 1.165) is 4.90 Å². The Labute approximate surface area is 160 Å². The van der Waals surface area contributed by atoms with Crippen LogP contribution in [0.4, 0.5) is 9.18 Å². The summed E-state index contributed by atoms with van der Waals surface area (Å²) in [6.45, 7) is -0.481. The van der Waals surface area contributed by atoms with Crippen LogP contribution in [0.5, 0.6) is 5.75 Å². The minimum Gasteiger partial charge on any atom is -0.488 e. The Morgan fingerprint density at radius 2 is 1.86 bits per heavy atom. The van der Waals surface area contributed by atoms with E-state index in [1.165, 1.54) is 19.3 Å². The summed E-state index contributed by atoms with van der Waals surface area (Å²) in [5, 5.41) is 2.42. The van der Waals surface area contributed by atoms with Crippen molar-refractivity contribution in [3.63, 3.8) is 0 Å². The molecule has 0 spiro atoms. The summed E-state index contributed by atoms with van der Waals surface area (Å²) in [5.74, 6) is -1.33. The van der Waals surface area contributed by atoms with Crippen molar-refractivity contribution in [1.29, 1.82) is 0 Å². The van der Waals surface area contributed by atoms with Crippen LogP contribution in [0.25, 0.3) is 6.08 Å². The van der Waals surface area contributed by atoms with Gasteiger partial charge in [-0.05, 0) is 18.2 Å². The van der Waals surface area contributed by atoms with Crippen molar-refractivity contribution in [3.8, 4) is 5.75 Å². The first-order chi connectivity index (χ1) is 13.5. The molecule has 0 bridgehead atoms. The molecule has 2 aromatic carbocycles. The number of imide groups is 1. The summed E-state index contributed by atoms with van der Waals surface area (Å²) in [5.41, 5.74) is 0.901. The topological polar surface area (TPSA) is 84.9 Å². The first-order valence-electron chi connectivity index (χ1n) is 8.36. The van der Waals surface area contributed by atoms with Crippen molar-refractivity contribution in [2.75, 3.05) is 13.7 Å². The van der Waals surface area contributed by atoms with Crippen LogP contribution >= 0.6 is 0 Å². The molecular formula is C20H17FN2O5. The van der Waals surface area contributed by atoms with Crippen LogP contribution in [0.3, 0.4) is 0 Å². The lowest BCUT2D eigenvalue weighted by Gasteiger charge is -2.10. The van der Waals surface area contributed by atoms with Gasteiger partial charge in [-0.2, -0.15) is 0 Å². The lowest BCUT2D eigenvalue weighted by Crippen LogP contribution is -2.36. The van der Waals surface area contributed by atoms with E-state index >= 15 is 0 Å². The predicted molar refractivity (Wildman–Crippen MR) is 97.4 cm³/mol. The van der Waals surface area contributed by atoms with Crippen LogP contribution < -0.4 is 10.1 Å². The average molecular weight is 384 g/mol. The maximum atomic E-state index is 13.8. The van der Waals surface area contributed by atoms with Gasteiger partial charge in [-0.3, -0.25) is 9.59 Å². The lowest BCUT2D eigenvalue weighted by atomic mass is 10.1. The molecule has 2 aromatic rings. The molecule has 3 rings (SSSR count). The van der Waals surface area contributed by atoms with Crippen molar-refractivity contribution in [2.24, 2.45) is 0 Å². The highest BCUT2D eigenvalue weighted by Crippen LogP contribution is 2.24. The van der Waals surface area contributed by atoms with Gasteiger partial charge in [0.2, 0.25) is 0 Å². The van der Waals surface area contributed by atoms with E-state index in [0.29, 0.717) is 16.9 Å². The summed E-state index contributed by atoms with van der Waals surface area (Å²) in [4.78, 5) is 36.4. The summed E-state index contributed by atoms with van der Waals surface area (Å²) < 4.78 is 23.9. The van der Waals surface area contributed by atoms with Crippen molar-refractivity contribution < 1.29 is 28.2 Å². The first-order valence-corrected chi connectivity index (χ1v) is 8.36. The van der Waals surface area contributed by atoms with Crippen LogP contribution in [0.15, 0.2) is 54.2 Å². The number of nitrogens with one attached hydrogen (secondary N) is 1. The van der Waals surface area contributed by atoms with Crippen LogP contribution in [-0.4, -0.2) is 36.5 Å². The predicted octanol–water partition coefficient (Wildman–Crippen LogP) is 2.47. The van der Waals surface area contributed by atoms with E-state index in [1.54, 1.807) is 42.5 Å². The molecule has 0 aromatic heterocycles. The number of urea groups is 1. The number of benzene rings is 2. The molecule has 1 heterocycles. The van der Waals surface area contributed by atoms with E-state index < -0.39 is 24.5 Å². The van der Waals surface area contributed by atoms with Gasteiger partial charge in [0.1, 0.15) is 30.4 Å². The Hall–Kier alpha value is -3.68. The number of para-hydroxylation sites is 1. The second kappa shape index (κ2) is 8.34. The van der Waals surface area contributed by atoms with Crippen molar-refractivity contribution >= 4 is 24.0 Å². The van der Waals surface area contributed by atoms with E-state index in [-0.39, 0.29) is 18.1 Å². The molecule has 144 valence electrons. The van der Waals surface area contributed by atoms with Gasteiger partial charge >= 0.3 is 12.0 Å². The zero-order valence-electron chi connectivity index (χ0n) is 15.0. The molecule has 1 saturated heterocycles. The molecule has 3 amide bonds. The van der Waals surface area contributed by atoms with E-state index in [1.807, 2.05) is 0 Å². The third kappa shape index (κ3) is 4.17. The first kappa shape index (κ1) is 19.1. The summed E-state index contributed by atoms with van der Waals surface area (Å²) in [7, 11) is 1.17. The Kier molecular flexibility index (Phi) is 5.69. The van der Waals surface area contributed by atoms with Crippen LogP contribution in [0.2, 0.25) is 0 Å². The summed E-state index contributed by atoms with van der Waals surface area (Å²) in [6, 6.07) is 12.4.